The molecule has 0 spiro atoms. The van der Waals surface area contributed by atoms with E-state index in [1.165, 1.54) is 25.1 Å². The number of benzene rings is 1. The van der Waals surface area contributed by atoms with Crippen LogP contribution in [-0.2, 0) is 16.0 Å². The van der Waals surface area contributed by atoms with Crippen molar-refractivity contribution in [3.63, 3.8) is 0 Å². The molecule has 0 radical (unpaired) electrons. The third-order valence-corrected chi connectivity index (χ3v) is 7.25. The summed E-state index contributed by atoms with van der Waals surface area (Å²) in [5, 5.41) is 55.6. The number of rotatable bonds is 3. The van der Waals surface area contributed by atoms with Crippen molar-refractivity contribution in [1.29, 1.82) is 0 Å². The number of ketones is 3. The maximum Gasteiger partial charge on any atom is 0.209 e. The van der Waals surface area contributed by atoms with Crippen LogP contribution in [0.5, 0.6) is 5.75 Å². The van der Waals surface area contributed by atoms with Crippen LogP contribution >= 0.6 is 0 Å². The SMILES string of the molecule is CC(=O)C1=C(O)[C@@H](N(C)C)[C@@H]2[C@@H](O)[C@@H]3Cc4c(N(C)C)ccc(O)c4C(=O)C3=C(O)[C@]2(O)C1=O. The van der Waals surface area contributed by atoms with Crippen LogP contribution in [0.15, 0.2) is 34.8 Å². The number of phenols is 1. The van der Waals surface area contributed by atoms with E-state index in [1.807, 2.05) is 0 Å². The second kappa shape index (κ2) is 7.66. The summed E-state index contributed by atoms with van der Waals surface area (Å²) in [7, 11) is 6.57. The van der Waals surface area contributed by atoms with Gasteiger partial charge in [0.15, 0.2) is 17.2 Å². The summed E-state index contributed by atoms with van der Waals surface area (Å²) in [5.74, 6) is -7.36. The fourth-order valence-corrected chi connectivity index (χ4v) is 5.77. The monoisotopic (exact) mass is 472 g/mol. The minimum Gasteiger partial charge on any atom is -0.510 e. The van der Waals surface area contributed by atoms with Crippen LogP contribution in [0, 0.1) is 11.8 Å². The molecule has 1 aromatic rings. The molecule has 0 saturated carbocycles. The van der Waals surface area contributed by atoms with Crippen LogP contribution < -0.4 is 4.90 Å². The molecule has 0 aromatic heterocycles. The number of aromatic hydroxyl groups is 1. The number of carbonyl (C=O) groups excluding carboxylic acids is 3. The van der Waals surface area contributed by atoms with Crippen LogP contribution in [0.4, 0.5) is 5.69 Å². The maximum absolute atomic E-state index is 13.6. The van der Waals surface area contributed by atoms with Crippen molar-refractivity contribution in [2.75, 3.05) is 33.1 Å². The third kappa shape index (κ3) is 2.88. The lowest BCUT2D eigenvalue weighted by atomic mass is 9.57. The Morgan fingerprint density at radius 2 is 1.71 bits per heavy atom. The number of aliphatic hydroxyl groups is 4. The van der Waals surface area contributed by atoms with Gasteiger partial charge in [-0.05, 0) is 45.1 Å². The van der Waals surface area contributed by atoms with Gasteiger partial charge in [0.05, 0.1) is 23.6 Å². The van der Waals surface area contributed by atoms with Crippen molar-refractivity contribution < 1.29 is 39.9 Å². The van der Waals surface area contributed by atoms with Gasteiger partial charge in [-0.25, -0.2) is 0 Å². The van der Waals surface area contributed by atoms with Gasteiger partial charge in [0.2, 0.25) is 5.78 Å². The van der Waals surface area contributed by atoms with E-state index < -0.39 is 64.0 Å². The molecular formula is C24H28N2O8. The lowest BCUT2D eigenvalue weighted by Crippen LogP contribution is -2.68. The molecule has 3 aliphatic rings. The third-order valence-electron chi connectivity index (χ3n) is 7.25. The Hall–Kier alpha value is -3.21. The Balaban J connectivity index is 2.03. The lowest BCUT2D eigenvalue weighted by Gasteiger charge is -2.52. The predicted octanol–water partition coefficient (Wildman–Crippen LogP) is 0.261. The van der Waals surface area contributed by atoms with Gasteiger partial charge in [-0.2, -0.15) is 0 Å². The first-order valence-electron chi connectivity index (χ1n) is 10.8. The summed E-state index contributed by atoms with van der Waals surface area (Å²) in [6, 6.07) is 1.76. The van der Waals surface area contributed by atoms with E-state index in [2.05, 4.69) is 0 Å². The van der Waals surface area contributed by atoms with E-state index in [-0.39, 0.29) is 23.3 Å². The first-order chi connectivity index (χ1) is 15.8. The van der Waals surface area contributed by atoms with E-state index >= 15 is 0 Å². The summed E-state index contributed by atoms with van der Waals surface area (Å²) in [4.78, 5) is 42.3. The van der Waals surface area contributed by atoms with Crippen LogP contribution in [0.2, 0.25) is 0 Å². The van der Waals surface area contributed by atoms with Crippen molar-refractivity contribution in [3.05, 3.63) is 45.9 Å². The molecule has 0 saturated heterocycles. The summed E-state index contributed by atoms with van der Waals surface area (Å²) >= 11 is 0. The Kier molecular flexibility index (Phi) is 5.39. The number of Topliss-reactive ketones (excluding diaryl/α,β-unsaturated/α-hetero) is 3. The zero-order valence-electron chi connectivity index (χ0n) is 19.5. The molecule has 0 bridgehead atoms. The number of phenolic OH excluding ortho intramolecular Hbond substituents is 1. The molecule has 5 atom stereocenters. The molecule has 0 heterocycles. The number of hydrogen-bond donors (Lipinski definition) is 5. The van der Waals surface area contributed by atoms with Crippen LogP contribution in [0.25, 0.3) is 0 Å². The minimum atomic E-state index is -2.82. The fraction of sp³-hybridized carbons (Fsp3) is 0.458. The topological polar surface area (TPSA) is 159 Å². The molecule has 4 rings (SSSR count). The maximum atomic E-state index is 13.6. The first-order valence-corrected chi connectivity index (χ1v) is 10.8. The molecule has 0 aliphatic heterocycles. The molecule has 10 heteroatoms. The number of likely N-dealkylation sites (N-methyl/N-ethyl adjacent to an activating group) is 1. The molecule has 1 aromatic carbocycles. The van der Waals surface area contributed by atoms with Gasteiger partial charge in [0, 0.05) is 31.3 Å². The van der Waals surface area contributed by atoms with Gasteiger partial charge < -0.3 is 30.4 Å². The Labute approximate surface area is 196 Å². The molecule has 10 nitrogen and oxygen atoms in total. The van der Waals surface area contributed by atoms with E-state index in [0.717, 1.165) is 6.92 Å². The molecule has 34 heavy (non-hydrogen) atoms. The fourth-order valence-electron chi connectivity index (χ4n) is 5.77. The largest absolute Gasteiger partial charge is 0.510 e. The van der Waals surface area contributed by atoms with Crippen molar-refractivity contribution >= 4 is 23.0 Å². The molecule has 0 fully saturated rings. The lowest BCUT2D eigenvalue weighted by molar-refractivity contribution is -0.161. The highest BCUT2D eigenvalue weighted by atomic mass is 16.4. The van der Waals surface area contributed by atoms with Gasteiger partial charge in [-0.1, -0.05) is 0 Å². The van der Waals surface area contributed by atoms with Crippen molar-refractivity contribution in [1.82, 2.24) is 4.90 Å². The predicted molar refractivity (Wildman–Crippen MR) is 121 cm³/mol. The zero-order valence-corrected chi connectivity index (χ0v) is 19.5. The number of hydrogen-bond acceptors (Lipinski definition) is 10. The Bertz CT molecular complexity index is 1200. The minimum absolute atomic E-state index is 0.0223. The average Bonchev–Trinajstić information content (AvgIpc) is 2.73. The summed E-state index contributed by atoms with van der Waals surface area (Å²) in [6.07, 6.45) is -1.54. The molecule has 3 aliphatic carbocycles. The van der Waals surface area contributed by atoms with Crippen molar-refractivity contribution in [2.45, 2.75) is 31.1 Å². The second-order valence-electron chi connectivity index (χ2n) is 9.59. The highest BCUT2D eigenvalue weighted by Crippen LogP contribution is 2.53. The quantitative estimate of drug-likeness (QED) is 0.386. The zero-order chi connectivity index (χ0) is 25.4. The van der Waals surface area contributed by atoms with Gasteiger partial charge in [-0.15, -0.1) is 0 Å². The molecular weight excluding hydrogens is 444 g/mol. The highest BCUT2D eigenvalue weighted by Gasteiger charge is 2.66. The van der Waals surface area contributed by atoms with Crippen LogP contribution in [-0.4, -0.2) is 93.7 Å². The number of carbonyl (C=O) groups is 3. The van der Waals surface area contributed by atoms with E-state index in [0.29, 0.717) is 11.3 Å². The molecule has 5 N–H and O–H groups in total. The first kappa shape index (κ1) is 23.9. The van der Waals surface area contributed by atoms with Crippen molar-refractivity contribution in [2.24, 2.45) is 11.8 Å². The van der Waals surface area contributed by atoms with Crippen LogP contribution in [0.3, 0.4) is 0 Å². The Morgan fingerprint density at radius 3 is 2.24 bits per heavy atom. The second-order valence-corrected chi connectivity index (χ2v) is 9.59. The summed E-state index contributed by atoms with van der Waals surface area (Å²) < 4.78 is 0. The normalized spacial score (nSPS) is 30.8. The number of nitrogens with zero attached hydrogens (tertiary/aromatic N) is 2. The van der Waals surface area contributed by atoms with Gasteiger partial charge in [0.1, 0.15) is 22.8 Å². The number of fused-ring (bicyclic) bond motifs is 3. The van der Waals surface area contributed by atoms with E-state index in [9.17, 15) is 39.9 Å². The summed E-state index contributed by atoms with van der Waals surface area (Å²) in [5.41, 5.74) is -2.92. The molecule has 182 valence electrons. The highest BCUT2D eigenvalue weighted by molar-refractivity contribution is 6.25. The van der Waals surface area contributed by atoms with Gasteiger partial charge >= 0.3 is 0 Å². The van der Waals surface area contributed by atoms with Crippen LogP contribution in [0.1, 0.15) is 22.8 Å². The van der Waals surface area contributed by atoms with Gasteiger partial charge in [-0.3, -0.25) is 19.3 Å². The van der Waals surface area contributed by atoms with Gasteiger partial charge in [0.25, 0.3) is 0 Å². The number of anilines is 1. The summed E-state index contributed by atoms with van der Waals surface area (Å²) in [6.45, 7) is 1.04. The Morgan fingerprint density at radius 1 is 1.09 bits per heavy atom. The number of aliphatic hydroxyl groups excluding tert-OH is 3. The smallest absolute Gasteiger partial charge is 0.209 e. The van der Waals surface area contributed by atoms with Crippen molar-refractivity contribution in [3.8, 4) is 5.75 Å². The molecule has 0 unspecified atom stereocenters. The van der Waals surface area contributed by atoms with E-state index in [1.54, 1.807) is 25.1 Å². The van der Waals surface area contributed by atoms with E-state index in [4.69, 9.17) is 0 Å². The molecule has 0 amide bonds. The standard InChI is InChI=1S/C24H28N2O8/c1-9(27)14-21(31)18(26(4)5)17-19(29)11-8-10-12(25(2)3)6-7-13(28)15(10)20(30)16(11)23(33)24(17,34)22(14)32/h6-7,11,17-19,28-29,31,33-34H,8H2,1-5H3/t11-,17-,18+,19+,24-/m1/s1. The average molecular weight is 472 g/mol.